The van der Waals surface area contributed by atoms with E-state index < -0.39 is 23.5 Å². The third kappa shape index (κ3) is 5.29. The molecule has 0 atom stereocenters. The van der Waals surface area contributed by atoms with Crippen molar-refractivity contribution < 1.29 is 30.8 Å². The van der Waals surface area contributed by atoms with E-state index in [4.69, 9.17) is 4.42 Å². The van der Waals surface area contributed by atoms with Crippen LogP contribution >= 0.6 is 0 Å². The van der Waals surface area contributed by atoms with Gasteiger partial charge in [0.2, 0.25) is 11.8 Å². The van der Waals surface area contributed by atoms with E-state index in [1.54, 1.807) is 6.20 Å². The van der Waals surface area contributed by atoms with Gasteiger partial charge in [0.05, 0.1) is 11.1 Å². The SMILES string of the molecule is FC(F)(F)c1ccc(-c2nnc(CCCCc3ccc4cccnc4n3)o2)cc1C(F)(F)F. The second kappa shape index (κ2) is 8.80. The van der Waals surface area contributed by atoms with Crippen molar-refractivity contribution in [3.63, 3.8) is 0 Å². The van der Waals surface area contributed by atoms with Gasteiger partial charge in [-0.3, -0.25) is 0 Å². The Balaban J connectivity index is 1.40. The van der Waals surface area contributed by atoms with Gasteiger partial charge in [-0.1, -0.05) is 0 Å². The van der Waals surface area contributed by atoms with Gasteiger partial charge in [-0.05, 0) is 61.7 Å². The molecule has 0 saturated heterocycles. The zero-order valence-corrected chi connectivity index (χ0v) is 16.9. The molecule has 0 unspecified atom stereocenters. The van der Waals surface area contributed by atoms with E-state index in [-0.39, 0.29) is 17.3 Å². The molecule has 3 aromatic heterocycles. The molecule has 0 spiro atoms. The maximum atomic E-state index is 13.1. The highest BCUT2D eigenvalue weighted by atomic mass is 19.4. The molecule has 4 rings (SSSR count). The van der Waals surface area contributed by atoms with Crippen LogP contribution < -0.4 is 0 Å². The predicted octanol–water partition coefficient (Wildman–Crippen LogP) is 6.28. The summed E-state index contributed by atoms with van der Waals surface area (Å²) in [5.74, 6) is -0.0851. The maximum Gasteiger partial charge on any atom is 0.417 e. The van der Waals surface area contributed by atoms with Crippen LogP contribution in [0.25, 0.3) is 22.5 Å². The highest BCUT2D eigenvalue weighted by Crippen LogP contribution is 2.41. The number of hydrogen-bond acceptors (Lipinski definition) is 5. The van der Waals surface area contributed by atoms with E-state index in [1.807, 2.05) is 24.3 Å². The summed E-state index contributed by atoms with van der Waals surface area (Å²) in [4.78, 5) is 8.69. The first-order valence-corrected chi connectivity index (χ1v) is 9.93. The van der Waals surface area contributed by atoms with Gasteiger partial charge in [0.1, 0.15) is 0 Å². The first kappa shape index (κ1) is 22.7. The maximum absolute atomic E-state index is 13.1. The van der Waals surface area contributed by atoms with E-state index >= 15 is 0 Å². The minimum absolute atomic E-state index is 0.187. The molecule has 1 aromatic carbocycles. The van der Waals surface area contributed by atoms with Crippen molar-refractivity contribution in [2.45, 2.75) is 38.0 Å². The van der Waals surface area contributed by atoms with Crippen molar-refractivity contribution in [3.8, 4) is 11.5 Å². The summed E-state index contributed by atoms with van der Waals surface area (Å²) in [5.41, 5.74) is -2.27. The molecule has 0 N–H and O–H groups in total. The number of benzene rings is 1. The smallest absolute Gasteiger partial charge is 0.417 e. The molecule has 0 saturated carbocycles. The number of hydrogen-bond donors (Lipinski definition) is 0. The number of unbranched alkanes of at least 4 members (excludes halogenated alkanes) is 1. The topological polar surface area (TPSA) is 64.7 Å². The molecule has 11 heteroatoms. The number of halogens is 6. The Hall–Kier alpha value is -3.50. The lowest BCUT2D eigenvalue weighted by molar-refractivity contribution is -0.162. The van der Waals surface area contributed by atoms with Crippen LogP contribution in [0.2, 0.25) is 0 Å². The Labute approximate surface area is 183 Å². The van der Waals surface area contributed by atoms with E-state index in [0.29, 0.717) is 37.0 Å². The summed E-state index contributed by atoms with van der Waals surface area (Å²) in [6, 6.07) is 9.23. The Morgan fingerprint density at radius 2 is 1.55 bits per heavy atom. The molecule has 0 amide bonds. The van der Waals surface area contributed by atoms with Crippen LogP contribution in [0.1, 0.15) is 35.6 Å². The first-order valence-electron chi connectivity index (χ1n) is 9.93. The van der Waals surface area contributed by atoms with Crippen LogP contribution in [0.4, 0.5) is 26.3 Å². The molecule has 33 heavy (non-hydrogen) atoms. The van der Waals surface area contributed by atoms with Crippen molar-refractivity contribution in [3.05, 3.63) is 71.4 Å². The van der Waals surface area contributed by atoms with Gasteiger partial charge in [-0.25, -0.2) is 9.97 Å². The zero-order valence-electron chi connectivity index (χ0n) is 16.9. The molecule has 0 aliphatic rings. The quantitative estimate of drug-likeness (QED) is 0.247. The van der Waals surface area contributed by atoms with E-state index in [0.717, 1.165) is 23.6 Å². The summed E-state index contributed by atoms with van der Waals surface area (Å²) in [7, 11) is 0. The molecule has 0 aliphatic carbocycles. The van der Waals surface area contributed by atoms with Crippen LogP contribution in [-0.2, 0) is 25.2 Å². The molecular weight excluding hydrogens is 450 g/mol. The van der Waals surface area contributed by atoms with Crippen LogP contribution in [0.5, 0.6) is 0 Å². The molecule has 4 aromatic rings. The van der Waals surface area contributed by atoms with Gasteiger partial charge >= 0.3 is 12.4 Å². The van der Waals surface area contributed by atoms with Crippen LogP contribution in [-0.4, -0.2) is 20.2 Å². The average Bonchev–Trinajstić information content (AvgIpc) is 3.24. The summed E-state index contributed by atoms with van der Waals surface area (Å²) in [6.45, 7) is 0. The van der Waals surface area contributed by atoms with Gasteiger partial charge < -0.3 is 4.42 Å². The normalized spacial score (nSPS) is 12.4. The summed E-state index contributed by atoms with van der Waals surface area (Å²) in [6.07, 6.45) is -6.23. The van der Waals surface area contributed by atoms with Crippen LogP contribution in [0.15, 0.2) is 53.1 Å². The standard InChI is InChI=1S/C22H16F6N4O/c23-21(24,25)16-10-8-14(12-17(16)22(26,27)28)20-32-31-18(33-20)6-2-1-5-15-9-7-13-4-3-11-29-19(13)30-15/h3-4,7-12H,1-2,5-6H2. The first-order chi connectivity index (χ1) is 15.6. The number of rotatable bonds is 6. The van der Waals surface area contributed by atoms with Crippen LogP contribution in [0, 0.1) is 0 Å². The van der Waals surface area contributed by atoms with Gasteiger partial charge in [0, 0.05) is 29.3 Å². The largest absolute Gasteiger partial charge is 0.421 e. The molecular formula is C22H16F6N4O. The summed E-state index contributed by atoms with van der Waals surface area (Å²) >= 11 is 0. The Kier molecular flexibility index (Phi) is 6.05. The summed E-state index contributed by atoms with van der Waals surface area (Å²) in [5, 5.41) is 8.42. The fourth-order valence-corrected chi connectivity index (χ4v) is 3.34. The molecule has 172 valence electrons. The Morgan fingerprint density at radius 1 is 0.788 bits per heavy atom. The van der Waals surface area contributed by atoms with E-state index in [2.05, 4.69) is 20.2 Å². The van der Waals surface area contributed by atoms with Gasteiger partial charge in [0.25, 0.3) is 0 Å². The second-order valence-corrected chi connectivity index (χ2v) is 7.32. The van der Waals surface area contributed by atoms with Crippen molar-refractivity contribution in [2.24, 2.45) is 0 Å². The predicted molar refractivity (Wildman–Crippen MR) is 106 cm³/mol. The highest BCUT2D eigenvalue weighted by molar-refractivity contribution is 5.74. The lowest BCUT2D eigenvalue weighted by Crippen LogP contribution is -2.16. The van der Waals surface area contributed by atoms with Gasteiger partial charge in [-0.2, -0.15) is 26.3 Å². The van der Waals surface area contributed by atoms with Crippen molar-refractivity contribution in [1.29, 1.82) is 0 Å². The highest BCUT2D eigenvalue weighted by Gasteiger charge is 2.43. The Morgan fingerprint density at radius 3 is 2.30 bits per heavy atom. The second-order valence-electron chi connectivity index (χ2n) is 7.32. The van der Waals surface area contributed by atoms with Crippen molar-refractivity contribution in [2.75, 3.05) is 0 Å². The third-order valence-corrected chi connectivity index (χ3v) is 4.94. The lowest BCUT2D eigenvalue weighted by Gasteiger charge is -2.15. The van der Waals surface area contributed by atoms with Crippen LogP contribution in [0.3, 0.4) is 0 Å². The number of nitrogens with zero attached hydrogens (tertiary/aromatic N) is 4. The zero-order chi connectivity index (χ0) is 23.6. The number of fused-ring (bicyclic) bond motifs is 1. The summed E-state index contributed by atoms with van der Waals surface area (Å²) < 4.78 is 83.6. The number of aromatic nitrogens is 4. The number of pyridine rings is 2. The molecule has 0 fully saturated rings. The average molecular weight is 466 g/mol. The van der Waals surface area contributed by atoms with Crippen molar-refractivity contribution in [1.82, 2.24) is 20.2 Å². The van der Waals surface area contributed by atoms with Crippen molar-refractivity contribution >= 4 is 11.0 Å². The monoisotopic (exact) mass is 466 g/mol. The third-order valence-electron chi connectivity index (χ3n) is 4.94. The molecule has 5 nitrogen and oxygen atoms in total. The molecule has 0 aliphatic heterocycles. The Bertz CT molecular complexity index is 1270. The minimum Gasteiger partial charge on any atom is -0.421 e. The van der Waals surface area contributed by atoms with E-state index in [9.17, 15) is 26.3 Å². The molecule has 3 heterocycles. The number of aryl methyl sites for hydroxylation is 2. The van der Waals surface area contributed by atoms with Gasteiger partial charge in [0.15, 0.2) is 5.65 Å². The fraction of sp³-hybridized carbons (Fsp3) is 0.273. The minimum atomic E-state index is -5.18. The lowest BCUT2D eigenvalue weighted by atomic mass is 10.0. The molecule has 0 bridgehead atoms. The number of alkyl halides is 6. The fourth-order valence-electron chi connectivity index (χ4n) is 3.34. The molecule has 0 radical (unpaired) electrons. The van der Waals surface area contributed by atoms with E-state index in [1.165, 1.54) is 0 Å². The van der Waals surface area contributed by atoms with Gasteiger partial charge in [-0.15, -0.1) is 10.2 Å².